The number of hydrogen-bond acceptors (Lipinski definition) is 3. The van der Waals surface area contributed by atoms with Crippen molar-refractivity contribution in [1.29, 1.82) is 0 Å². The van der Waals surface area contributed by atoms with Crippen LogP contribution < -0.4 is 34.7 Å². The molecule has 0 unspecified atom stereocenters. The molecule has 0 heterocycles. The molecule has 0 aromatic rings. The van der Waals surface area contributed by atoms with Crippen molar-refractivity contribution >= 4 is 5.97 Å². The van der Waals surface area contributed by atoms with Gasteiger partial charge in [0.25, 0.3) is 0 Å². The van der Waals surface area contributed by atoms with Gasteiger partial charge in [0.2, 0.25) is 0 Å². The Morgan fingerprint density at radius 1 is 0.792 bits per heavy atom. The summed E-state index contributed by atoms with van der Waals surface area (Å²) in [5.74, 6) is -0.918. The van der Waals surface area contributed by atoms with Crippen molar-refractivity contribution in [3.8, 4) is 0 Å². The molecule has 24 heavy (non-hydrogen) atoms. The van der Waals surface area contributed by atoms with Gasteiger partial charge in [0, 0.05) is 12.4 Å². The fourth-order valence-electron chi connectivity index (χ4n) is 2.76. The van der Waals surface area contributed by atoms with E-state index in [0.29, 0.717) is 0 Å². The van der Waals surface area contributed by atoms with Gasteiger partial charge in [-0.2, -0.15) is 0 Å². The number of unbranched alkanes of at least 4 members (excludes halogenated alkanes) is 13. The van der Waals surface area contributed by atoms with Crippen LogP contribution in [-0.2, 0) is 4.79 Å². The fraction of sp³-hybridized carbons (Fsp3) is 0.850. The Morgan fingerprint density at radius 3 is 1.62 bits per heavy atom. The van der Waals surface area contributed by atoms with Crippen LogP contribution in [0.15, 0.2) is 11.8 Å². The van der Waals surface area contributed by atoms with E-state index < -0.39 is 5.97 Å². The van der Waals surface area contributed by atoms with Crippen LogP contribution in [0.2, 0.25) is 0 Å². The minimum Gasteiger partial charge on any atom is -0.550 e. The van der Waals surface area contributed by atoms with E-state index in [1.165, 1.54) is 77.0 Å². The van der Waals surface area contributed by atoms with Crippen molar-refractivity contribution in [1.82, 2.24) is 0 Å². The molecule has 4 heteroatoms. The molecule has 0 fully saturated rings. The number of carboxylic acid groups (broad SMARTS) is 1. The first-order valence-corrected chi connectivity index (χ1v) is 9.74. The van der Waals surface area contributed by atoms with Crippen LogP contribution in [0.5, 0.6) is 0 Å². The number of aliphatic hydroxyl groups is 1. The number of rotatable bonds is 17. The summed E-state index contributed by atoms with van der Waals surface area (Å²) in [6, 6.07) is 0. The molecule has 0 atom stereocenters. The molecular weight excluding hydrogens is 311 g/mol. The third-order valence-electron chi connectivity index (χ3n) is 4.27. The molecule has 0 spiro atoms. The van der Waals surface area contributed by atoms with E-state index in [-0.39, 0.29) is 48.2 Å². The summed E-state index contributed by atoms with van der Waals surface area (Å²) < 4.78 is 0. The molecule has 0 saturated heterocycles. The molecule has 0 aliphatic rings. The summed E-state index contributed by atoms with van der Waals surface area (Å²) in [5.41, 5.74) is 0. The average Bonchev–Trinajstić information content (AvgIpc) is 2.53. The third kappa shape index (κ3) is 22.0. The molecule has 0 aromatic heterocycles. The fourth-order valence-corrected chi connectivity index (χ4v) is 2.76. The molecule has 136 valence electrons. The van der Waals surface area contributed by atoms with Crippen LogP contribution in [0, 0.1) is 0 Å². The van der Waals surface area contributed by atoms with Crippen LogP contribution in [0.25, 0.3) is 0 Å². The Hall–Kier alpha value is 0.0100. The maximum atomic E-state index is 10.3. The summed E-state index contributed by atoms with van der Waals surface area (Å²) >= 11 is 0. The Balaban J connectivity index is 0. The van der Waals surface area contributed by atoms with Crippen LogP contribution in [0.4, 0.5) is 0 Å². The first-order chi connectivity index (χ1) is 11.2. The average molecular weight is 349 g/mol. The number of carboxylic acids is 1. The third-order valence-corrected chi connectivity index (χ3v) is 4.27. The first-order valence-electron chi connectivity index (χ1n) is 9.74. The number of aliphatic hydroxyl groups excluding tert-OH is 1. The number of aliphatic carboxylic acids is 1. The van der Waals surface area contributed by atoms with Gasteiger partial charge in [0.05, 0.1) is 5.76 Å². The van der Waals surface area contributed by atoms with Gasteiger partial charge in [-0.15, -0.1) is 0 Å². The van der Waals surface area contributed by atoms with Gasteiger partial charge in [-0.3, -0.25) is 0 Å². The maximum Gasteiger partial charge on any atom is 1.00 e. The standard InChI is InChI=1S/C20H38O3.Na/c1-2-3-4-5-6-7-8-9-10-11-12-13-14-15-16-19(21)17-18-20(22)23;/h16,21H,2-15,17-18H2,1H3,(H,22,23);/q;+1/p-1. The van der Waals surface area contributed by atoms with E-state index in [1.807, 2.05) is 0 Å². The van der Waals surface area contributed by atoms with Gasteiger partial charge in [-0.05, 0) is 25.3 Å². The van der Waals surface area contributed by atoms with Crippen molar-refractivity contribution in [2.24, 2.45) is 0 Å². The maximum absolute atomic E-state index is 10.3. The van der Waals surface area contributed by atoms with Crippen molar-refractivity contribution in [2.75, 3.05) is 0 Å². The van der Waals surface area contributed by atoms with Gasteiger partial charge in [-0.25, -0.2) is 0 Å². The minimum absolute atomic E-state index is 0. The van der Waals surface area contributed by atoms with Crippen LogP contribution in [0.3, 0.4) is 0 Å². The van der Waals surface area contributed by atoms with Gasteiger partial charge in [0.15, 0.2) is 0 Å². The molecule has 0 saturated carbocycles. The van der Waals surface area contributed by atoms with Gasteiger partial charge in [-0.1, -0.05) is 84.0 Å². The summed E-state index contributed by atoms with van der Waals surface area (Å²) in [6.45, 7) is 2.26. The van der Waals surface area contributed by atoms with E-state index in [2.05, 4.69) is 6.92 Å². The summed E-state index contributed by atoms with van der Waals surface area (Å²) in [7, 11) is 0. The molecule has 0 bridgehead atoms. The SMILES string of the molecule is CCCCCCCCCCCCCCCC=C(O)CCC(=O)[O-].[Na+]. The monoisotopic (exact) mass is 348 g/mol. The topological polar surface area (TPSA) is 60.4 Å². The second kappa shape index (κ2) is 21.1. The normalized spacial score (nSPS) is 11.3. The molecule has 1 N–H and O–H groups in total. The number of hydrogen-bond donors (Lipinski definition) is 1. The first kappa shape index (κ1) is 26.2. The number of allylic oxidation sites excluding steroid dienone is 2. The quantitative estimate of drug-likeness (QED) is 0.249. The van der Waals surface area contributed by atoms with Crippen LogP contribution >= 0.6 is 0 Å². The summed E-state index contributed by atoms with van der Waals surface area (Å²) in [4.78, 5) is 10.3. The molecule has 0 aromatic carbocycles. The Morgan fingerprint density at radius 2 is 1.21 bits per heavy atom. The van der Waals surface area contributed by atoms with Crippen molar-refractivity contribution in [3.05, 3.63) is 11.8 Å². The largest absolute Gasteiger partial charge is 1.00 e. The van der Waals surface area contributed by atoms with Crippen molar-refractivity contribution in [2.45, 2.75) is 110 Å². The van der Waals surface area contributed by atoms with E-state index in [0.717, 1.165) is 12.8 Å². The van der Waals surface area contributed by atoms with E-state index >= 15 is 0 Å². The molecule has 0 rings (SSSR count). The second-order valence-corrected chi connectivity index (χ2v) is 6.60. The zero-order valence-corrected chi connectivity index (χ0v) is 18.2. The van der Waals surface area contributed by atoms with Gasteiger partial charge < -0.3 is 15.0 Å². The zero-order chi connectivity index (χ0) is 17.2. The predicted octanol–water partition coefficient (Wildman–Crippen LogP) is 2.44. The minimum atomic E-state index is -1.11. The second-order valence-electron chi connectivity index (χ2n) is 6.60. The molecular formula is C20H37NaO3. The zero-order valence-electron chi connectivity index (χ0n) is 16.2. The van der Waals surface area contributed by atoms with E-state index in [1.54, 1.807) is 6.08 Å². The Kier molecular flexibility index (Phi) is 23.0. The molecule has 0 amide bonds. The summed E-state index contributed by atoms with van der Waals surface area (Å²) in [5, 5.41) is 19.7. The van der Waals surface area contributed by atoms with Crippen molar-refractivity contribution < 1.29 is 44.6 Å². The van der Waals surface area contributed by atoms with Crippen LogP contribution in [0.1, 0.15) is 110 Å². The molecule has 0 aliphatic carbocycles. The van der Waals surface area contributed by atoms with Gasteiger partial charge in [0.1, 0.15) is 0 Å². The van der Waals surface area contributed by atoms with Crippen LogP contribution in [-0.4, -0.2) is 11.1 Å². The van der Waals surface area contributed by atoms with Gasteiger partial charge >= 0.3 is 29.6 Å². The Labute approximate surface area is 171 Å². The molecule has 3 nitrogen and oxygen atoms in total. The van der Waals surface area contributed by atoms with E-state index in [4.69, 9.17) is 0 Å². The molecule has 0 radical (unpaired) electrons. The Bertz CT molecular complexity index is 303. The molecule has 0 aliphatic heterocycles. The van der Waals surface area contributed by atoms with E-state index in [9.17, 15) is 15.0 Å². The smallest absolute Gasteiger partial charge is 0.550 e. The number of carbonyl (C=O) groups excluding carboxylic acids is 1. The number of carbonyl (C=O) groups is 1. The van der Waals surface area contributed by atoms with Crippen molar-refractivity contribution in [3.63, 3.8) is 0 Å². The predicted molar refractivity (Wildman–Crippen MR) is 95.3 cm³/mol. The summed E-state index contributed by atoms with van der Waals surface area (Å²) in [6.07, 6.45) is 20.0.